The van der Waals surface area contributed by atoms with Gasteiger partial charge in [-0.15, -0.1) is 0 Å². The maximum Gasteiger partial charge on any atom is 0.217 e. The molecule has 4 nitrogen and oxygen atoms in total. The van der Waals surface area contributed by atoms with Gasteiger partial charge in [-0.2, -0.15) is 0 Å². The van der Waals surface area contributed by atoms with Gasteiger partial charge in [-0.1, -0.05) is 6.92 Å². The summed E-state index contributed by atoms with van der Waals surface area (Å²) in [5.41, 5.74) is -0.297. The zero-order valence-corrected chi connectivity index (χ0v) is 11.5. The summed E-state index contributed by atoms with van der Waals surface area (Å²) in [7, 11) is 0. The second kappa shape index (κ2) is 7.21. The van der Waals surface area contributed by atoms with Gasteiger partial charge in [0.05, 0.1) is 18.4 Å². The van der Waals surface area contributed by atoms with Crippen LogP contribution in [0.2, 0.25) is 0 Å². The highest BCUT2D eigenvalue weighted by molar-refractivity contribution is 5.73. The van der Waals surface area contributed by atoms with Crippen LogP contribution in [-0.2, 0) is 16.0 Å². The maximum absolute atomic E-state index is 11.4. The van der Waals surface area contributed by atoms with E-state index in [-0.39, 0.29) is 11.4 Å². The minimum absolute atomic E-state index is 0.0176. The predicted molar refractivity (Wildman–Crippen MR) is 70.4 cm³/mol. The Morgan fingerprint density at radius 1 is 1.50 bits per heavy atom. The van der Waals surface area contributed by atoms with E-state index in [9.17, 15) is 4.79 Å². The lowest BCUT2D eigenvalue weighted by Crippen LogP contribution is -2.51. The molecule has 1 aromatic rings. The molecular weight excluding hydrogens is 230 g/mol. The van der Waals surface area contributed by atoms with Gasteiger partial charge in [0.2, 0.25) is 5.91 Å². The van der Waals surface area contributed by atoms with Gasteiger partial charge >= 0.3 is 0 Å². The predicted octanol–water partition coefficient (Wildman–Crippen LogP) is 2.53. The molecule has 0 unspecified atom stereocenters. The molecule has 1 N–H and O–H groups in total. The van der Waals surface area contributed by atoms with Crippen LogP contribution >= 0.6 is 0 Å². The summed E-state index contributed by atoms with van der Waals surface area (Å²) in [6, 6.07) is 3.83. The van der Waals surface area contributed by atoms with Crippen molar-refractivity contribution in [3.8, 4) is 0 Å². The number of hydrogen-bond donors (Lipinski definition) is 1. The molecule has 0 aromatic carbocycles. The van der Waals surface area contributed by atoms with Crippen molar-refractivity contribution in [2.75, 3.05) is 13.2 Å². The van der Waals surface area contributed by atoms with Crippen LogP contribution in [0.1, 0.15) is 39.4 Å². The quantitative estimate of drug-likeness (QED) is 0.774. The van der Waals surface area contributed by atoms with Crippen LogP contribution in [0, 0.1) is 0 Å². The van der Waals surface area contributed by atoms with Gasteiger partial charge in [-0.25, -0.2) is 0 Å². The van der Waals surface area contributed by atoms with Crippen LogP contribution in [0.5, 0.6) is 0 Å². The average molecular weight is 253 g/mol. The fraction of sp³-hybridized carbons (Fsp3) is 0.643. The first-order chi connectivity index (χ1) is 8.62. The molecule has 1 aromatic heterocycles. The van der Waals surface area contributed by atoms with Crippen molar-refractivity contribution in [3.05, 3.63) is 24.2 Å². The molecule has 0 aliphatic rings. The fourth-order valence-electron chi connectivity index (χ4n) is 2.03. The maximum atomic E-state index is 11.4. The molecule has 0 aliphatic heterocycles. The van der Waals surface area contributed by atoms with Gasteiger partial charge in [-0.3, -0.25) is 4.79 Å². The van der Waals surface area contributed by atoms with Gasteiger partial charge in [0.25, 0.3) is 0 Å². The van der Waals surface area contributed by atoms with E-state index in [1.165, 1.54) is 0 Å². The molecule has 18 heavy (non-hydrogen) atoms. The number of aryl methyl sites for hydroxylation is 1. The summed E-state index contributed by atoms with van der Waals surface area (Å²) >= 11 is 0. The molecule has 1 heterocycles. The minimum Gasteiger partial charge on any atom is -0.469 e. The van der Waals surface area contributed by atoms with Crippen molar-refractivity contribution in [2.45, 2.75) is 45.6 Å². The molecule has 0 spiro atoms. The number of furan rings is 1. The summed E-state index contributed by atoms with van der Waals surface area (Å²) < 4.78 is 10.8. The zero-order valence-electron chi connectivity index (χ0n) is 11.5. The van der Waals surface area contributed by atoms with Crippen LogP contribution in [0.25, 0.3) is 0 Å². The lowest BCUT2D eigenvalue weighted by Gasteiger charge is -2.33. The van der Waals surface area contributed by atoms with Gasteiger partial charge in [-0.05, 0) is 31.9 Å². The normalized spacial score (nSPS) is 14.2. The van der Waals surface area contributed by atoms with Crippen molar-refractivity contribution in [2.24, 2.45) is 0 Å². The first kappa shape index (κ1) is 14.8. The van der Waals surface area contributed by atoms with Crippen LogP contribution in [-0.4, -0.2) is 24.7 Å². The second-order valence-corrected chi connectivity index (χ2v) is 4.53. The molecule has 0 radical (unpaired) electrons. The third kappa shape index (κ3) is 4.53. The molecule has 0 saturated carbocycles. The Labute approximate surface area is 109 Å². The number of amides is 1. The van der Waals surface area contributed by atoms with Crippen LogP contribution in [0.3, 0.4) is 0 Å². The van der Waals surface area contributed by atoms with E-state index in [0.717, 1.165) is 25.0 Å². The van der Waals surface area contributed by atoms with Crippen molar-refractivity contribution in [3.63, 3.8) is 0 Å². The smallest absolute Gasteiger partial charge is 0.217 e. The molecule has 1 atom stereocenters. The van der Waals surface area contributed by atoms with Crippen molar-refractivity contribution in [1.29, 1.82) is 0 Å². The topological polar surface area (TPSA) is 51.5 Å². The van der Waals surface area contributed by atoms with Gasteiger partial charge < -0.3 is 14.5 Å². The Morgan fingerprint density at radius 2 is 2.28 bits per heavy atom. The summed E-state index contributed by atoms with van der Waals surface area (Å²) in [5.74, 6) is 0.922. The monoisotopic (exact) mass is 253 g/mol. The summed E-state index contributed by atoms with van der Waals surface area (Å²) in [6.07, 6.45) is 4.13. The standard InChI is InChI=1S/C14H23NO3/c1-4-14(11-17-5-2,15-12(3)16)9-8-13-7-6-10-18-13/h6-7,10H,4-5,8-9,11H2,1-3H3,(H,15,16)/t14-/m1/s1. The molecule has 0 fully saturated rings. The van der Waals surface area contributed by atoms with E-state index in [1.54, 1.807) is 13.2 Å². The highest BCUT2D eigenvalue weighted by Gasteiger charge is 2.29. The Balaban J connectivity index is 2.64. The third-order valence-corrected chi connectivity index (χ3v) is 3.13. The van der Waals surface area contributed by atoms with Crippen LogP contribution < -0.4 is 5.32 Å². The van der Waals surface area contributed by atoms with Crippen molar-refractivity contribution in [1.82, 2.24) is 5.32 Å². The van der Waals surface area contributed by atoms with Crippen LogP contribution in [0.15, 0.2) is 22.8 Å². The van der Waals surface area contributed by atoms with E-state index < -0.39 is 0 Å². The van der Waals surface area contributed by atoms with Crippen molar-refractivity contribution < 1.29 is 13.9 Å². The first-order valence-corrected chi connectivity index (χ1v) is 6.51. The largest absolute Gasteiger partial charge is 0.469 e. The van der Waals surface area contributed by atoms with Gasteiger partial charge in [0.1, 0.15) is 5.76 Å². The molecule has 1 rings (SSSR count). The number of rotatable bonds is 8. The zero-order chi connectivity index (χ0) is 13.4. The van der Waals surface area contributed by atoms with E-state index >= 15 is 0 Å². The Hall–Kier alpha value is -1.29. The second-order valence-electron chi connectivity index (χ2n) is 4.53. The first-order valence-electron chi connectivity index (χ1n) is 6.51. The van der Waals surface area contributed by atoms with E-state index in [4.69, 9.17) is 9.15 Å². The summed E-state index contributed by atoms with van der Waals surface area (Å²) in [4.78, 5) is 11.4. The Morgan fingerprint density at radius 3 is 2.78 bits per heavy atom. The Kier molecular flexibility index (Phi) is 5.92. The number of carbonyl (C=O) groups excluding carboxylic acids is 1. The lowest BCUT2D eigenvalue weighted by molar-refractivity contribution is -0.122. The van der Waals surface area contributed by atoms with E-state index in [0.29, 0.717) is 13.2 Å². The molecular formula is C14H23NO3. The molecule has 0 bridgehead atoms. The highest BCUT2D eigenvalue weighted by Crippen LogP contribution is 2.19. The van der Waals surface area contributed by atoms with Crippen LogP contribution in [0.4, 0.5) is 0 Å². The minimum atomic E-state index is -0.297. The number of hydrogen-bond acceptors (Lipinski definition) is 3. The Bertz CT molecular complexity index is 348. The number of ether oxygens (including phenoxy) is 1. The van der Waals surface area contributed by atoms with Gasteiger partial charge in [0, 0.05) is 20.0 Å². The molecule has 0 saturated heterocycles. The average Bonchev–Trinajstić information content (AvgIpc) is 2.85. The van der Waals surface area contributed by atoms with Crippen molar-refractivity contribution >= 4 is 5.91 Å². The SMILES string of the molecule is CCOC[C@@](CC)(CCc1ccco1)NC(C)=O. The highest BCUT2D eigenvalue weighted by atomic mass is 16.5. The lowest BCUT2D eigenvalue weighted by atomic mass is 9.90. The number of carbonyl (C=O) groups is 1. The van der Waals surface area contributed by atoms with E-state index in [2.05, 4.69) is 12.2 Å². The van der Waals surface area contributed by atoms with E-state index in [1.807, 2.05) is 19.1 Å². The molecule has 0 aliphatic carbocycles. The number of nitrogens with one attached hydrogen (secondary N) is 1. The summed E-state index contributed by atoms with van der Waals surface area (Å²) in [6.45, 7) is 6.77. The molecule has 1 amide bonds. The fourth-order valence-corrected chi connectivity index (χ4v) is 2.03. The molecule has 4 heteroatoms. The third-order valence-electron chi connectivity index (χ3n) is 3.13. The molecule has 102 valence electrons. The summed E-state index contributed by atoms with van der Waals surface area (Å²) in [5, 5.41) is 3.03. The van der Waals surface area contributed by atoms with Gasteiger partial charge in [0.15, 0.2) is 0 Å².